The van der Waals surface area contributed by atoms with E-state index in [1.165, 1.54) is 5.56 Å². The van der Waals surface area contributed by atoms with Crippen molar-refractivity contribution in [2.75, 3.05) is 18.0 Å². The molecule has 1 aliphatic rings. The lowest BCUT2D eigenvalue weighted by atomic mass is 9.98. The smallest absolute Gasteiger partial charge is 0.157 e. The monoisotopic (exact) mass is 264 g/mol. The molecule has 2 aromatic rings. The van der Waals surface area contributed by atoms with Gasteiger partial charge in [-0.25, -0.2) is 4.98 Å². The van der Waals surface area contributed by atoms with Gasteiger partial charge in [0.1, 0.15) is 12.1 Å². The van der Waals surface area contributed by atoms with Crippen LogP contribution in [0.2, 0.25) is 0 Å². The molecule has 3 rings (SSSR count). The van der Waals surface area contributed by atoms with Crippen molar-refractivity contribution in [3.8, 4) is 0 Å². The van der Waals surface area contributed by atoms with Gasteiger partial charge in [0.05, 0.1) is 5.38 Å². The van der Waals surface area contributed by atoms with Crippen molar-refractivity contribution in [2.24, 2.45) is 5.92 Å². The fraction of sp³-hybridized carbons (Fsp3) is 0.538. The number of aromatic nitrogens is 3. The van der Waals surface area contributed by atoms with Crippen molar-refractivity contribution >= 4 is 23.1 Å². The van der Waals surface area contributed by atoms with E-state index < -0.39 is 0 Å². The first-order valence-electron chi connectivity index (χ1n) is 6.34. The Bertz CT molecular complexity index is 565. The maximum absolute atomic E-state index is 6.39. The number of nitrogens with zero attached hydrogens (tertiary/aromatic N) is 4. The zero-order valence-electron chi connectivity index (χ0n) is 10.7. The second-order valence-corrected chi connectivity index (χ2v) is 5.71. The number of fused-ring (bicyclic) bond motifs is 1. The Labute approximate surface area is 112 Å². The lowest BCUT2D eigenvalue weighted by Gasteiger charge is -2.35. The van der Waals surface area contributed by atoms with E-state index >= 15 is 0 Å². The highest BCUT2D eigenvalue weighted by molar-refractivity contribution is 6.21. The summed E-state index contributed by atoms with van der Waals surface area (Å²) in [4.78, 5) is 6.57. The van der Waals surface area contributed by atoms with Gasteiger partial charge in [0.2, 0.25) is 0 Å². The number of hydrogen-bond acceptors (Lipinski definition) is 3. The van der Waals surface area contributed by atoms with E-state index in [4.69, 9.17) is 11.6 Å². The summed E-state index contributed by atoms with van der Waals surface area (Å²) >= 11 is 6.39. The van der Waals surface area contributed by atoms with Gasteiger partial charge in [0.25, 0.3) is 0 Å². The van der Waals surface area contributed by atoms with Crippen LogP contribution in [0, 0.1) is 12.8 Å². The molecular weight excluding hydrogens is 248 g/mol. The van der Waals surface area contributed by atoms with Crippen LogP contribution in [-0.4, -0.2) is 33.1 Å². The van der Waals surface area contributed by atoms with E-state index in [1.54, 1.807) is 6.33 Å². The standard InChI is InChI=1S/C13H17ClN4/c1-9-5-12-15-8-16-18(12)13(6-9)17-4-3-10(2)11(14)7-17/h5-6,8,10-11H,3-4,7H2,1-2H3. The summed E-state index contributed by atoms with van der Waals surface area (Å²) in [5, 5.41) is 4.51. The van der Waals surface area contributed by atoms with Crippen molar-refractivity contribution < 1.29 is 0 Å². The van der Waals surface area contributed by atoms with Crippen LogP contribution in [0.3, 0.4) is 0 Å². The molecule has 0 aliphatic carbocycles. The molecule has 96 valence electrons. The fourth-order valence-corrected chi connectivity index (χ4v) is 2.78. The summed E-state index contributed by atoms with van der Waals surface area (Å²) in [5.41, 5.74) is 2.10. The number of aryl methyl sites for hydroxylation is 1. The van der Waals surface area contributed by atoms with Crippen molar-refractivity contribution in [1.29, 1.82) is 0 Å². The topological polar surface area (TPSA) is 33.4 Å². The van der Waals surface area contributed by atoms with E-state index in [-0.39, 0.29) is 5.38 Å². The summed E-state index contributed by atoms with van der Waals surface area (Å²) in [6, 6.07) is 4.20. The molecule has 2 atom stereocenters. The Balaban J connectivity index is 2.01. The number of pyridine rings is 1. The molecule has 1 fully saturated rings. The predicted octanol–water partition coefficient (Wildman–Crippen LogP) is 2.49. The molecule has 2 aromatic heterocycles. The SMILES string of the molecule is Cc1cc(N2CCC(C)C(Cl)C2)n2ncnc2c1. The number of halogens is 1. The minimum Gasteiger partial charge on any atom is -0.355 e. The Kier molecular flexibility index (Phi) is 2.90. The zero-order valence-corrected chi connectivity index (χ0v) is 11.4. The van der Waals surface area contributed by atoms with Gasteiger partial charge in [-0.3, -0.25) is 0 Å². The molecule has 0 radical (unpaired) electrons. The summed E-state index contributed by atoms with van der Waals surface area (Å²) in [6.07, 6.45) is 2.72. The van der Waals surface area contributed by atoms with Crippen LogP contribution >= 0.6 is 11.6 Å². The molecule has 0 aromatic carbocycles. The van der Waals surface area contributed by atoms with Gasteiger partial charge in [0, 0.05) is 13.1 Å². The summed E-state index contributed by atoms with van der Waals surface area (Å²) in [5.74, 6) is 1.68. The average molecular weight is 265 g/mol. The molecule has 0 saturated carbocycles. The first-order chi connectivity index (χ1) is 8.65. The van der Waals surface area contributed by atoms with Crippen molar-refractivity contribution in [2.45, 2.75) is 25.6 Å². The second kappa shape index (κ2) is 4.43. The molecule has 0 N–H and O–H groups in total. The molecule has 0 amide bonds. The molecule has 1 saturated heterocycles. The van der Waals surface area contributed by atoms with Gasteiger partial charge in [-0.2, -0.15) is 9.61 Å². The van der Waals surface area contributed by atoms with Gasteiger partial charge in [0.15, 0.2) is 5.65 Å². The summed E-state index contributed by atoms with van der Waals surface area (Å²) in [7, 11) is 0. The first kappa shape index (κ1) is 11.8. The van der Waals surface area contributed by atoms with E-state index in [0.717, 1.165) is 31.0 Å². The van der Waals surface area contributed by atoms with E-state index in [1.807, 2.05) is 10.6 Å². The van der Waals surface area contributed by atoms with Crippen LogP contribution < -0.4 is 4.90 Å². The molecular formula is C13H17ClN4. The normalized spacial score (nSPS) is 24.7. The van der Waals surface area contributed by atoms with Crippen molar-refractivity contribution in [1.82, 2.24) is 14.6 Å². The van der Waals surface area contributed by atoms with Crippen LogP contribution in [0.15, 0.2) is 18.5 Å². The Morgan fingerprint density at radius 3 is 3.00 bits per heavy atom. The Morgan fingerprint density at radius 1 is 1.39 bits per heavy atom. The quantitative estimate of drug-likeness (QED) is 0.742. The highest BCUT2D eigenvalue weighted by Gasteiger charge is 2.26. The Hall–Kier alpha value is -1.29. The summed E-state index contributed by atoms with van der Waals surface area (Å²) in [6.45, 7) is 6.21. The number of piperidine rings is 1. The van der Waals surface area contributed by atoms with Gasteiger partial charge < -0.3 is 4.90 Å². The van der Waals surface area contributed by atoms with E-state index in [2.05, 4.69) is 34.9 Å². The average Bonchev–Trinajstić information content (AvgIpc) is 2.79. The highest BCUT2D eigenvalue weighted by atomic mass is 35.5. The number of anilines is 1. The fourth-order valence-electron chi connectivity index (χ4n) is 2.49. The van der Waals surface area contributed by atoms with Crippen LogP contribution in [0.25, 0.3) is 5.65 Å². The predicted molar refractivity (Wildman–Crippen MR) is 73.4 cm³/mol. The number of alkyl halides is 1. The van der Waals surface area contributed by atoms with Crippen molar-refractivity contribution in [3.63, 3.8) is 0 Å². The minimum atomic E-state index is 0.206. The molecule has 3 heterocycles. The van der Waals surface area contributed by atoms with Crippen molar-refractivity contribution in [3.05, 3.63) is 24.0 Å². The third-order valence-corrected chi connectivity index (χ3v) is 4.26. The van der Waals surface area contributed by atoms with Crippen LogP contribution in [0.5, 0.6) is 0 Å². The molecule has 0 bridgehead atoms. The second-order valence-electron chi connectivity index (χ2n) is 5.15. The maximum atomic E-state index is 6.39. The molecule has 2 unspecified atom stereocenters. The molecule has 0 spiro atoms. The molecule has 4 nitrogen and oxygen atoms in total. The van der Waals surface area contributed by atoms with Gasteiger partial charge in [-0.05, 0) is 37.0 Å². The molecule has 5 heteroatoms. The van der Waals surface area contributed by atoms with Gasteiger partial charge in [-0.1, -0.05) is 6.92 Å². The molecule has 1 aliphatic heterocycles. The maximum Gasteiger partial charge on any atom is 0.157 e. The zero-order chi connectivity index (χ0) is 12.7. The lowest BCUT2D eigenvalue weighted by molar-refractivity contribution is 0.442. The number of rotatable bonds is 1. The largest absolute Gasteiger partial charge is 0.355 e. The summed E-state index contributed by atoms with van der Waals surface area (Å²) < 4.78 is 1.90. The third kappa shape index (κ3) is 1.94. The van der Waals surface area contributed by atoms with E-state index in [9.17, 15) is 0 Å². The lowest BCUT2D eigenvalue weighted by Crippen LogP contribution is -2.41. The van der Waals surface area contributed by atoms with Crippen LogP contribution in [0.1, 0.15) is 18.9 Å². The first-order valence-corrected chi connectivity index (χ1v) is 6.78. The van der Waals surface area contributed by atoms with Crippen LogP contribution in [-0.2, 0) is 0 Å². The van der Waals surface area contributed by atoms with Gasteiger partial charge >= 0.3 is 0 Å². The Morgan fingerprint density at radius 2 is 2.22 bits per heavy atom. The van der Waals surface area contributed by atoms with E-state index in [0.29, 0.717) is 5.92 Å². The van der Waals surface area contributed by atoms with Crippen LogP contribution in [0.4, 0.5) is 5.82 Å². The highest BCUT2D eigenvalue weighted by Crippen LogP contribution is 2.27. The number of hydrogen-bond donors (Lipinski definition) is 0. The third-order valence-electron chi connectivity index (χ3n) is 3.70. The molecule has 18 heavy (non-hydrogen) atoms. The minimum absolute atomic E-state index is 0.206. The van der Waals surface area contributed by atoms with Gasteiger partial charge in [-0.15, -0.1) is 11.6 Å².